The lowest BCUT2D eigenvalue weighted by Crippen LogP contribution is -2.43. The van der Waals surface area contributed by atoms with E-state index < -0.39 is 5.60 Å². The SMILES string of the molecule is CC1CCCC(O)(CNCc2cc(C(N)=O)cs2)C1. The molecule has 0 aromatic carbocycles. The fourth-order valence-corrected chi connectivity index (χ4v) is 3.66. The molecule has 5 heteroatoms. The first-order valence-electron chi connectivity index (χ1n) is 6.79. The van der Waals surface area contributed by atoms with Gasteiger partial charge < -0.3 is 16.2 Å². The van der Waals surface area contributed by atoms with Crippen LogP contribution < -0.4 is 11.1 Å². The van der Waals surface area contributed by atoms with Crippen LogP contribution in [0.3, 0.4) is 0 Å². The first-order chi connectivity index (χ1) is 8.98. The summed E-state index contributed by atoms with van der Waals surface area (Å²) in [5.41, 5.74) is 5.21. The number of hydrogen-bond acceptors (Lipinski definition) is 4. The van der Waals surface area contributed by atoms with Crippen molar-refractivity contribution < 1.29 is 9.90 Å². The molecule has 1 aromatic heterocycles. The van der Waals surface area contributed by atoms with Crippen LogP contribution in [0.5, 0.6) is 0 Å². The van der Waals surface area contributed by atoms with Gasteiger partial charge in [0.25, 0.3) is 0 Å². The van der Waals surface area contributed by atoms with Gasteiger partial charge in [0.05, 0.1) is 11.2 Å². The first-order valence-corrected chi connectivity index (χ1v) is 7.67. The van der Waals surface area contributed by atoms with Crippen molar-refractivity contribution in [1.82, 2.24) is 5.32 Å². The van der Waals surface area contributed by atoms with E-state index in [-0.39, 0.29) is 5.91 Å². The average molecular weight is 282 g/mol. The summed E-state index contributed by atoms with van der Waals surface area (Å²) in [6.07, 6.45) is 4.07. The van der Waals surface area contributed by atoms with Gasteiger partial charge in [0.15, 0.2) is 0 Å². The molecular formula is C14H22N2O2S. The van der Waals surface area contributed by atoms with Gasteiger partial charge >= 0.3 is 0 Å². The van der Waals surface area contributed by atoms with Crippen molar-refractivity contribution in [3.05, 3.63) is 21.9 Å². The number of amides is 1. The van der Waals surface area contributed by atoms with Crippen LogP contribution in [0.25, 0.3) is 0 Å². The Bertz CT molecular complexity index is 446. The summed E-state index contributed by atoms with van der Waals surface area (Å²) in [6, 6.07) is 1.81. The quantitative estimate of drug-likeness (QED) is 0.772. The van der Waals surface area contributed by atoms with Crippen molar-refractivity contribution >= 4 is 17.2 Å². The monoisotopic (exact) mass is 282 g/mol. The molecule has 1 fully saturated rings. The molecule has 0 bridgehead atoms. The fraction of sp³-hybridized carbons (Fsp3) is 0.643. The van der Waals surface area contributed by atoms with Crippen molar-refractivity contribution in [1.29, 1.82) is 0 Å². The standard InChI is InChI=1S/C14H22N2O2S/c1-10-3-2-4-14(18,6-10)9-16-7-12-5-11(8-19-12)13(15)17/h5,8,10,16,18H,2-4,6-7,9H2,1H3,(H2,15,17). The van der Waals surface area contributed by atoms with E-state index in [2.05, 4.69) is 12.2 Å². The number of aliphatic hydroxyl groups is 1. The molecule has 4 N–H and O–H groups in total. The predicted molar refractivity (Wildman–Crippen MR) is 77.1 cm³/mol. The minimum absolute atomic E-state index is 0.387. The number of nitrogens with one attached hydrogen (secondary N) is 1. The topological polar surface area (TPSA) is 75.3 Å². The van der Waals surface area contributed by atoms with E-state index in [1.165, 1.54) is 17.8 Å². The molecule has 0 aliphatic heterocycles. The number of carbonyl (C=O) groups excluding carboxylic acids is 1. The molecule has 2 unspecified atom stereocenters. The van der Waals surface area contributed by atoms with E-state index in [0.29, 0.717) is 24.6 Å². The van der Waals surface area contributed by atoms with Gasteiger partial charge in [-0.05, 0) is 24.8 Å². The smallest absolute Gasteiger partial charge is 0.249 e. The van der Waals surface area contributed by atoms with Crippen molar-refractivity contribution in [2.24, 2.45) is 11.7 Å². The maximum absolute atomic E-state index is 11.0. The third-order valence-corrected chi connectivity index (χ3v) is 4.70. The maximum atomic E-state index is 11.0. The second-order valence-corrected chi connectivity index (χ2v) is 6.69. The van der Waals surface area contributed by atoms with Crippen molar-refractivity contribution in [3.8, 4) is 0 Å². The number of hydrogen-bond donors (Lipinski definition) is 3. The van der Waals surface area contributed by atoms with Crippen LogP contribution in [0.15, 0.2) is 11.4 Å². The Morgan fingerprint density at radius 3 is 3.11 bits per heavy atom. The molecule has 1 aromatic rings. The summed E-state index contributed by atoms with van der Waals surface area (Å²) in [7, 11) is 0. The number of nitrogens with two attached hydrogens (primary N) is 1. The summed E-state index contributed by atoms with van der Waals surface area (Å²) in [6.45, 7) is 3.48. The lowest BCUT2D eigenvalue weighted by molar-refractivity contribution is -0.0118. The van der Waals surface area contributed by atoms with Gasteiger partial charge in [-0.25, -0.2) is 0 Å². The lowest BCUT2D eigenvalue weighted by Gasteiger charge is -2.35. The molecule has 0 spiro atoms. The zero-order valence-corrected chi connectivity index (χ0v) is 12.1. The summed E-state index contributed by atoms with van der Waals surface area (Å²) in [4.78, 5) is 12.1. The van der Waals surface area contributed by atoms with E-state index in [0.717, 1.165) is 24.1 Å². The highest BCUT2D eigenvalue weighted by molar-refractivity contribution is 7.10. The Morgan fingerprint density at radius 2 is 2.47 bits per heavy atom. The Hall–Kier alpha value is -0.910. The second-order valence-electron chi connectivity index (χ2n) is 5.70. The van der Waals surface area contributed by atoms with E-state index >= 15 is 0 Å². The van der Waals surface area contributed by atoms with Crippen molar-refractivity contribution in [3.63, 3.8) is 0 Å². The molecule has 19 heavy (non-hydrogen) atoms. The number of carbonyl (C=O) groups is 1. The third kappa shape index (κ3) is 4.03. The number of thiophene rings is 1. The van der Waals surface area contributed by atoms with E-state index in [4.69, 9.17) is 5.73 Å². The molecule has 2 rings (SSSR count). The van der Waals surface area contributed by atoms with Gasteiger partial charge in [0.2, 0.25) is 5.91 Å². The predicted octanol–water partition coefficient (Wildman–Crippen LogP) is 1.88. The summed E-state index contributed by atoms with van der Waals surface area (Å²) in [5, 5.41) is 15.5. The van der Waals surface area contributed by atoms with Gasteiger partial charge in [0.1, 0.15) is 0 Å². The van der Waals surface area contributed by atoms with Gasteiger partial charge in [-0.15, -0.1) is 11.3 Å². The van der Waals surface area contributed by atoms with Crippen LogP contribution in [0, 0.1) is 5.92 Å². The molecule has 1 amide bonds. The molecule has 1 aliphatic carbocycles. The highest BCUT2D eigenvalue weighted by atomic mass is 32.1. The molecule has 2 atom stereocenters. The van der Waals surface area contributed by atoms with Gasteiger partial charge in [-0.1, -0.05) is 19.8 Å². The van der Waals surface area contributed by atoms with Crippen LogP contribution in [0.1, 0.15) is 47.8 Å². The molecule has 106 valence electrons. The summed E-state index contributed by atoms with van der Waals surface area (Å²) in [5.74, 6) is 0.214. The highest BCUT2D eigenvalue weighted by Crippen LogP contribution is 2.31. The molecule has 1 heterocycles. The average Bonchev–Trinajstić information content (AvgIpc) is 2.77. The van der Waals surface area contributed by atoms with Crippen LogP contribution in [0.4, 0.5) is 0 Å². The Balaban J connectivity index is 1.80. The van der Waals surface area contributed by atoms with Crippen molar-refractivity contribution in [2.45, 2.75) is 44.8 Å². The first kappa shape index (κ1) is 14.5. The molecule has 1 aliphatic rings. The van der Waals surface area contributed by atoms with Crippen LogP contribution >= 0.6 is 11.3 Å². The van der Waals surface area contributed by atoms with Gasteiger partial charge in [-0.3, -0.25) is 4.79 Å². The van der Waals surface area contributed by atoms with E-state index in [1.54, 1.807) is 5.38 Å². The van der Waals surface area contributed by atoms with E-state index in [9.17, 15) is 9.90 Å². The van der Waals surface area contributed by atoms with Gasteiger partial charge in [-0.2, -0.15) is 0 Å². The lowest BCUT2D eigenvalue weighted by atomic mass is 9.79. The number of primary amides is 1. The van der Waals surface area contributed by atoms with Crippen LogP contribution in [-0.2, 0) is 6.54 Å². The summed E-state index contributed by atoms with van der Waals surface area (Å²) >= 11 is 1.52. The molecule has 0 saturated heterocycles. The Morgan fingerprint density at radius 1 is 1.68 bits per heavy atom. The summed E-state index contributed by atoms with van der Waals surface area (Å²) < 4.78 is 0. The molecule has 4 nitrogen and oxygen atoms in total. The van der Waals surface area contributed by atoms with Crippen LogP contribution in [-0.4, -0.2) is 23.2 Å². The largest absolute Gasteiger partial charge is 0.389 e. The van der Waals surface area contributed by atoms with Crippen LogP contribution in [0.2, 0.25) is 0 Å². The zero-order valence-electron chi connectivity index (χ0n) is 11.3. The zero-order chi connectivity index (χ0) is 13.9. The minimum Gasteiger partial charge on any atom is -0.389 e. The highest BCUT2D eigenvalue weighted by Gasteiger charge is 2.31. The molecule has 0 radical (unpaired) electrons. The van der Waals surface area contributed by atoms with E-state index in [1.807, 2.05) is 6.07 Å². The second kappa shape index (κ2) is 6.03. The van der Waals surface area contributed by atoms with Crippen molar-refractivity contribution in [2.75, 3.05) is 6.54 Å². The number of rotatable bonds is 5. The third-order valence-electron chi connectivity index (χ3n) is 3.76. The normalized spacial score (nSPS) is 27.4. The minimum atomic E-state index is -0.568. The Labute approximate surface area is 118 Å². The fourth-order valence-electron chi connectivity index (χ4n) is 2.81. The molecule has 1 saturated carbocycles. The Kier molecular flexibility index (Phi) is 4.60. The molecular weight excluding hydrogens is 260 g/mol. The van der Waals surface area contributed by atoms with Gasteiger partial charge in [0, 0.05) is 23.3 Å². The maximum Gasteiger partial charge on any atom is 0.249 e.